The largest absolute Gasteiger partial charge is 0.502 e. The number of carbonyl (C=O) groups is 1. The number of aromatic nitrogens is 1. The molecule has 1 aliphatic heterocycles. The summed E-state index contributed by atoms with van der Waals surface area (Å²) in [6, 6.07) is 9.40. The highest BCUT2D eigenvalue weighted by atomic mass is 32.2. The summed E-state index contributed by atoms with van der Waals surface area (Å²) in [7, 11) is 0. The topological polar surface area (TPSA) is 124 Å². The van der Waals surface area contributed by atoms with Crippen molar-refractivity contribution in [2.45, 2.75) is 29.9 Å². The summed E-state index contributed by atoms with van der Waals surface area (Å²) < 4.78 is 13.0. The number of rotatable bonds is 8. The van der Waals surface area contributed by atoms with E-state index in [0.717, 1.165) is 46.4 Å². The Morgan fingerprint density at radius 2 is 2.09 bits per heavy atom. The lowest BCUT2D eigenvalue weighted by molar-refractivity contribution is -0.385. The third-order valence-electron chi connectivity index (χ3n) is 4.73. The molecule has 0 spiro atoms. The van der Waals surface area contributed by atoms with E-state index < -0.39 is 16.4 Å². The summed E-state index contributed by atoms with van der Waals surface area (Å²) in [5, 5.41) is 23.3. The van der Waals surface area contributed by atoms with E-state index >= 15 is 0 Å². The summed E-state index contributed by atoms with van der Waals surface area (Å²) >= 11 is 3.20. The molecule has 2 aromatic carbocycles. The number of thioether (sulfide) groups is 1. The van der Waals surface area contributed by atoms with Gasteiger partial charge in [-0.3, -0.25) is 14.9 Å². The summed E-state index contributed by atoms with van der Waals surface area (Å²) in [6.45, 7) is 1.49. The standard InChI is InChI=1S/C21H21N3O6S2/c25-17-5-2-13(10-16(17)24(27)28)11-19(26)22-14-3-4-15-18(12-14)32-21(23-15)31-9-6-20-29-7-1-8-30-20/h2-5,10,12,20,25H,1,6-9,11H2,(H,22,26). The number of fused-ring (bicyclic) bond motifs is 1. The number of anilines is 1. The number of aromatic hydroxyl groups is 1. The third-order valence-corrected chi connectivity index (χ3v) is 6.92. The van der Waals surface area contributed by atoms with Gasteiger partial charge in [0.15, 0.2) is 16.4 Å². The van der Waals surface area contributed by atoms with Crippen LogP contribution in [0.5, 0.6) is 5.75 Å². The molecule has 9 nitrogen and oxygen atoms in total. The van der Waals surface area contributed by atoms with Crippen molar-refractivity contribution in [2.75, 3.05) is 24.3 Å². The van der Waals surface area contributed by atoms with Crippen LogP contribution in [0.1, 0.15) is 18.4 Å². The third kappa shape index (κ3) is 5.74. The average Bonchev–Trinajstić information content (AvgIpc) is 3.17. The van der Waals surface area contributed by atoms with Crippen LogP contribution in [0.3, 0.4) is 0 Å². The van der Waals surface area contributed by atoms with Crippen molar-refractivity contribution in [3.63, 3.8) is 0 Å². The minimum atomic E-state index is -0.681. The molecule has 1 fully saturated rings. The molecular formula is C21H21N3O6S2. The first-order chi connectivity index (χ1) is 15.5. The van der Waals surface area contributed by atoms with Gasteiger partial charge in [0.1, 0.15) is 0 Å². The van der Waals surface area contributed by atoms with Crippen molar-refractivity contribution < 1.29 is 24.3 Å². The second-order valence-corrected chi connectivity index (χ2v) is 9.50. The number of nitrogens with one attached hydrogen (secondary N) is 1. The first-order valence-electron chi connectivity index (χ1n) is 10.0. The van der Waals surface area contributed by atoms with Gasteiger partial charge in [-0.25, -0.2) is 4.98 Å². The minimum absolute atomic E-state index is 0.0474. The number of ether oxygens (including phenoxy) is 2. The van der Waals surface area contributed by atoms with Crippen molar-refractivity contribution in [1.82, 2.24) is 4.98 Å². The van der Waals surface area contributed by atoms with E-state index in [-0.39, 0.29) is 18.6 Å². The maximum Gasteiger partial charge on any atom is 0.310 e. The molecule has 1 saturated heterocycles. The van der Waals surface area contributed by atoms with E-state index in [2.05, 4.69) is 10.3 Å². The predicted molar refractivity (Wildman–Crippen MR) is 122 cm³/mol. The predicted octanol–water partition coefficient (Wildman–Crippen LogP) is 4.34. The summed E-state index contributed by atoms with van der Waals surface area (Å²) in [4.78, 5) is 27.3. The zero-order valence-electron chi connectivity index (χ0n) is 17.0. The van der Waals surface area contributed by atoms with E-state index in [1.807, 2.05) is 12.1 Å². The van der Waals surface area contributed by atoms with Crippen LogP contribution in [0.25, 0.3) is 10.2 Å². The highest BCUT2D eigenvalue weighted by Crippen LogP contribution is 2.32. The number of hydrogen-bond acceptors (Lipinski definition) is 9. The molecule has 3 aromatic rings. The number of benzene rings is 2. The SMILES string of the molecule is O=C(Cc1ccc(O)c([N+](=O)[O-])c1)Nc1ccc2nc(SCCC3OCCCO3)sc2c1. The van der Waals surface area contributed by atoms with Crippen LogP contribution in [-0.2, 0) is 20.7 Å². The van der Waals surface area contributed by atoms with Crippen molar-refractivity contribution >= 4 is 50.6 Å². The molecule has 32 heavy (non-hydrogen) atoms. The number of phenolic OH excluding ortho intramolecular Hbond substituents is 1. The quantitative estimate of drug-likeness (QED) is 0.280. The van der Waals surface area contributed by atoms with Crippen molar-refractivity contribution in [3.05, 3.63) is 52.1 Å². The number of nitrogens with zero attached hydrogens (tertiary/aromatic N) is 2. The molecule has 0 saturated carbocycles. The van der Waals surface area contributed by atoms with Crippen LogP contribution >= 0.6 is 23.1 Å². The van der Waals surface area contributed by atoms with Gasteiger partial charge in [-0.05, 0) is 36.2 Å². The Morgan fingerprint density at radius 1 is 1.28 bits per heavy atom. The normalized spacial score (nSPS) is 14.5. The van der Waals surface area contributed by atoms with Crippen LogP contribution in [0.2, 0.25) is 0 Å². The second-order valence-electron chi connectivity index (χ2n) is 7.13. The van der Waals surface area contributed by atoms with Gasteiger partial charge in [-0.2, -0.15) is 0 Å². The van der Waals surface area contributed by atoms with Gasteiger partial charge in [0, 0.05) is 23.9 Å². The molecule has 4 rings (SSSR count). The van der Waals surface area contributed by atoms with Gasteiger partial charge in [-0.1, -0.05) is 17.8 Å². The van der Waals surface area contributed by atoms with E-state index in [9.17, 15) is 20.0 Å². The number of thiazole rings is 1. The van der Waals surface area contributed by atoms with Gasteiger partial charge in [0.25, 0.3) is 0 Å². The molecule has 2 heterocycles. The second kappa shape index (κ2) is 10.3. The van der Waals surface area contributed by atoms with Gasteiger partial charge in [0.2, 0.25) is 5.91 Å². The maximum absolute atomic E-state index is 12.4. The van der Waals surface area contributed by atoms with Crippen LogP contribution in [-0.4, -0.2) is 46.2 Å². The van der Waals surface area contributed by atoms with Gasteiger partial charge in [-0.15, -0.1) is 11.3 Å². The molecule has 0 bridgehead atoms. The molecule has 0 radical (unpaired) electrons. The fourth-order valence-electron chi connectivity index (χ4n) is 3.20. The number of hydrogen-bond donors (Lipinski definition) is 2. The number of nitro benzene ring substituents is 1. The van der Waals surface area contributed by atoms with E-state index in [0.29, 0.717) is 11.3 Å². The lowest BCUT2D eigenvalue weighted by Crippen LogP contribution is -2.25. The van der Waals surface area contributed by atoms with Gasteiger partial charge in [0.05, 0.1) is 34.8 Å². The molecule has 1 amide bonds. The van der Waals surface area contributed by atoms with Crippen LogP contribution in [0, 0.1) is 10.1 Å². The van der Waals surface area contributed by atoms with Crippen molar-refractivity contribution in [3.8, 4) is 5.75 Å². The zero-order valence-corrected chi connectivity index (χ0v) is 18.6. The Balaban J connectivity index is 1.34. The smallest absolute Gasteiger partial charge is 0.310 e. The molecule has 2 N–H and O–H groups in total. The van der Waals surface area contributed by atoms with Gasteiger partial charge >= 0.3 is 5.69 Å². The van der Waals surface area contributed by atoms with E-state index in [1.54, 1.807) is 29.2 Å². The maximum atomic E-state index is 12.4. The molecular weight excluding hydrogens is 454 g/mol. The highest BCUT2D eigenvalue weighted by molar-refractivity contribution is 8.01. The molecule has 0 atom stereocenters. The Morgan fingerprint density at radius 3 is 2.88 bits per heavy atom. The number of amides is 1. The monoisotopic (exact) mass is 475 g/mol. The molecule has 1 aromatic heterocycles. The van der Waals surface area contributed by atoms with Crippen LogP contribution in [0.15, 0.2) is 40.7 Å². The first-order valence-corrected chi connectivity index (χ1v) is 11.8. The molecule has 168 valence electrons. The highest BCUT2D eigenvalue weighted by Gasteiger charge is 2.16. The number of nitro groups is 1. The minimum Gasteiger partial charge on any atom is -0.502 e. The zero-order chi connectivity index (χ0) is 22.5. The van der Waals surface area contributed by atoms with Crippen molar-refractivity contribution in [1.29, 1.82) is 0 Å². The van der Waals surface area contributed by atoms with Crippen LogP contribution < -0.4 is 5.32 Å². The molecule has 0 unspecified atom stereocenters. The van der Waals surface area contributed by atoms with E-state index in [4.69, 9.17) is 9.47 Å². The molecule has 1 aliphatic rings. The summed E-state index contributed by atoms with van der Waals surface area (Å²) in [5.41, 5.74) is 1.50. The molecule has 11 heteroatoms. The number of phenols is 1. The average molecular weight is 476 g/mol. The van der Waals surface area contributed by atoms with Crippen molar-refractivity contribution in [2.24, 2.45) is 0 Å². The Hall–Kier alpha value is -2.73. The Bertz CT molecular complexity index is 1130. The fraction of sp³-hybridized carbons (Fsp3) is 0.333. The summed E-state index contributed by atoms with van der Waals surface area (Å²) in [6.07, 6.45) is 1.56. The Kier molecular flexibility index (Phi) is 7.20. The van der Waals surface area contributed by atoms with Crippen LogP contribution in [0.4, 0.5) is 11.4 Å². The first kappa shape index (κ1) is 22.5. The lowest BCUT2D eigenvalue weighted by Gasteiger charge is -2.22. The lowest BCUT2D eigenvalue weighted by atomic mass is 10.1. The Labute approximate surface area is 191 Å². The van der Waals surface area contributed by atoms with E-state index in [1.165, 1.54) is 18.2 Å². The molecule has 0 aliphatic carbocycles. The van der Waals surface area contributed by atoms with Gasteiger partial charge < -0.3 is 19.9 Å². The fourth-order valence-corrected chi connectivity index (χ4v) is 5.34. The summed E-state index contributed by atoms with van der Waals surface area (Å²) in [5.74, 6) is 0.102. The number of carbonyl (C=O) groups excluding carboxylic acids is 1.